The molecule has 0 radical (unpaired) electrons. The summed E-state index contributed by atoms with van der Waals surface area (Å²) in [6.45, 7) is 11.1. The number of aryl methyl sites for hydroxylation is 2. The zero-order valence-corrected chi connectivity index (χ0v) is 20.5. The van der Waals surface area contributed by atoms with Crippen LogP contribution in [0.15, 0.2) is 53.5 Å². The summed E-state index contributed by atoms with van der Waals surface area (Å²) in [7, 11) is 0. The minimum Gasteiger partial charge on any atom is -0.326 e. The lowest BCUT2D eigenvalue weighted by atomic mass is 10.0. The summed E-state index contributed by atoms with van der Waals surface area (Å²) in [4.78, 5) is 17.4. The number of rotatable bonds is 6. The molecule has 2 aromatic carbocycles. The van der Waals surface area contributed by atoms with Crippen molar-refractivity contribution in [2.24, 2.45) is 4.99 Å². The van der Waals surface area contributed by atoms with Crippen molar-refractivity contribution in [3.05, 3.63) is 82.2 Å². The highest BCUT2D eigenvalue weighted by Crippen LogP contribution is 2.29. The van der Waals surface area contributed by atoms with Gasteiger partial charge in [-0.05, 0) is 68.7 Å². The highest BCUT2D eigenvalue weighted by Gasteiger charge is 2.30. The lowest BCUT2D eigenvalue weighted by molar-refractivity contribution is -0.137. The molecule has 3 aromatic rings. The van der Waals surface area contributed by atoms with Gasteiger partial charge in [-0.25, -0.2) is 4.99 Å². The van der Waals surface area contributed by atoms with Gasteiger partial charge in [-0.3, -0.25) is 14.8 Å². The van der Waals surface area contributed by atoms with Crippen LogP contribution in [0.25, 0.3) is 0 Å². The number of nitrogens with one attached hydrogen (secondary N) is 2. The van der Waals surface area contributed by atoms with Crippen molar-refractivity contribution in [2.45, 2.75) is 59.8 Å². The summed E-state index contributed by atoms with van der Waals surface area (Å²) >= 11 is 0. The molecule has 0 saturated carbocycles. The smallest absolute Gasteiger partial charge is 0.326 e. The van der Waals surface area contributed by atoms with Crippen molar-refractivity contribution in [2.75, 3.05) is 5.32 Å². The van der Waals surface area contributed by atoms with Crippen LogP contribution in [0, 0.1) is 13.8 Å². The number of benzene rings is 2. The highest BCUT2D eigenvalue weighted by molar-refractivity contribution is 6.10. The molecule has 0 bridgehead atoms. The Labute approximate surface area is 203 Å². The molecule has 1 amide bonds. The van der Waals surface area contributed by atoms with Gasteiger partial charge in [0.05, 0.1) is 17.8 Å². The SMILES string of the molecule is CCn1nc(C)c(CN=C(NC(=O)c2ccc(C(F)(F)F)cc2)Nc2ccc(C(C)C)cc2)c1C. The maximum Gasteiger partial charge on any atom is 0.416 e. The Balaban J connectivity index is 1.86. The van der Waals surface area contributed by atoms with E-state index in [0.29, 0.717) is 5.92 Å². The van der Waals surface area contributed by atoms with Crippen LogP contribution in [0.3, 0.4) is 0 Å². The summed E-state index contributed by atoms with van der Waals surface area (Å²) in [5.41, 5.74) is 3.95. The summed E-state index contributed by atoms with van der Waals surface area (Å²) in [5, 5.41) is 10.3. The fraction of sp³-hybridized carbons (Fsp3) is 0.346. The van der Waals surface area contributed by atoms with Crippen LogP contribution in [0.4, 0.5) is 18.9 Å². The van der Waals surface area contributed by atoms with Crippen LogP contribution in [0.5, 0.6) is 0 Å². The summed E-state index contributed by atoms with van der Waals surface area (Å²) in [6.07, 6.45) is -4.47. The van der Waals surface area contributed by atoms with E-state index in [-0.39, 0.29) is 18.1 Å². The van der Waals surface area contributed by atoms with Crippen molar-refractivity contribution in [1.82, 2.24) is 15.1 Å². The van der Waals surface area contributed by atoms with Gasteiger partial charge in [0, 0.05) is 29.1 Å². The Kier molecular flexibility index (Phi) is 7.99. The number of aliphatic imine (C=N–C) groups is 1. The molecule has 1 aromatic heterocycles. The lowest BCUT2D eigenvalue weighted by Gasteiger charge is -2.14. The quantitative estimate of drug-likeness (QED) is 0.329. The molecule has 186 valence electrons. The maximum atomic E-state index is 12.9. The number of halogens is 3. The number of carbonyl (C=O) groups excluding carboxylic acids is 1. The second-order valence-corrected chi connectivity index (χ2v) is 8.56. The number of hydrogen-bond donors (Lipinski definition) is 2. The molecule has 0 saturated heterocycles. The molecule has 0 aliphatic heterocycles. The van der Waals surface area contributed by atoms with E-state index >= 15 is 0 Å². The average molecular weight is 486 g/mol. The van der Waals surface area contributed by atoms with Crippen molar-refractivity contribution < 1.29 is 18.0 Å². The molecule has 0 unspecified atom stereocenters. The largest absolute Gasteiger partial charge is 0.416 e. The van der Waals surface area contributed by atoms with Crippen LogP contribution >= 0.6 is 0 Å². The predicted molar refractivity (Wildman–Crippen MR) is 132 cm³/mol. The predicted octanol–water partition coefficient (Wildman–Crippen LogP) is 6.06. The van der Waals surface area contributed by atoms with Crippen molar-refractivity contribution >= 4 is 17.6 Å². The van der Waals surface area contributed by atoms with Gasteiger partial charge in [0.15, 0.2) is 0 Å². The first-order valence-corrected chi connectivity index (χ1v) is 11.4. The Morgan fingerprint density at radius 3 is 2.20 bits per heavy atom. The Morgan fingerprint density at radius 1 is 1.06 bits per heavy atom. The van der Waals surface area contributed by atoms with Crippen molar-refractivity contribution in [3.63, 3.8) is 0 Å². The highest BCUT2D eigenvalue weighted by atomic mass is 19.4. The van der Waals surface area contributed by atoms with Crippen LogP contribution in [0.1, 0.15) is 65.1 Å². The summed E-state index contributed by atoms with van der Waals surface area (Å²) in [5.74, 6) is -0.00525. The van der Waals surface area contributed by atoms with E-state index in [1.54, 1.807) is 0 Å². The zero-order chi connectivity index (χ0) is 25.8. The number of amides is 1. The van der Waals surface area contributed by atoms with E-state index in [1.807, 2.05) is 49.7 Å². The van der Waals surface area contributed by atoms with E-state index in [1.165, 1.54) is 5.56 Å². The van der Waals surface area contributed by atoms with Gasteiger partial charge in [0.2, 0.25) is 5.96 Å². The zero-order valence-electron chi connectivity index (χ0n) is 20.5. The van der Waals surface area contributed by atoms with Gasteiger partial charge in [0.1, 0.15) is 0 Å². The van der Waals surface area contributed by atoms with Gasteiger partial charge in [-0.15, -0.1) is 0 Å². The van der Waals surface area contributed by atoms with Crippen LogP contribution in [0.2, 0.25) is 0 Å². The van der Waals surface area contributed by atoms with Gasteiger partial charge in [0.25, 0.3) is 5.91 Å². The number of hydrogen-bond acceptors (Lipinski definition) is 3. The first kappa shape index (κ1) is 26.0. The topological polar surface area (TPSA) is 71.3 Å². The number of carbonyl (C=O) groups is 1. The molecular weight excluding hydrogens is 455 g/mol. The molecule has 9 heteroatoms. The van der Waals surface area contributed by atoms with E-state index in [9.17, 15) is 18.0 Å². The third kappa shape index (κ3) is 6.49. The summed E-state index contributed by atoms with van der Waals surface area (Å²) < 4.78 is 40.5. The number of anilines is 1. The molecule has 0 aliphatic rings. The second-order valence-electron chi connectivity index (χ2n) is 8.56. The Morgan fingerprint density at radius 2 is 1.69 bits per heavy atom. The maximum absolute atomic E-state index is 12.9. The van der Waals surface area contributed by atoms with Gasteiger partial charge < -0.3 is 5.32 Å². The molecule has 1 heterocycles. The first-order valence-electron chi connectivity index (χ1n) is 11.4. The summed E-state index contributed by atoms with van der Waals surface area (Å²) in [6, 6.07) is 11.8. The fourth-order valence-electron chi connectivity index (χ4n) is 3.62. The number of guanidine groups is 1. The number of aromatic nitrogens is 2. The van der Waals surface area contributed by atoms with Crippen LogP contribution in [-0.2, 0) is 19.3 Å². The molecule has 35 heavy (non-hydrogen) atoms. The van der Waals surface area contributed by atoms with Gasteiger partial charge >= 0.3 is 6.18 Å². The normalized spacial score (nSPS) is 12.2. The minimum absolute atomic E-state index is 0.0915. The molecule has 0 aliphatic carbocycles. The molecular formula is C26H30F3N5O. The van der Waals surface area contributed by atoms with E-state index < -0.39 is 17.6 Å². The monoisotopic (exact) mass is 485 g/mol. The standard InChI is InChI=1S/C26H30F3N5O/c1-6-34-18(5)23(17(4)33-34)15-30-25(31-22-13-9-19(10-14-22)16(2)3)32-24(35)20-7-11-21(12-8-20)26(27,28)29/h7-14,16H,6,15H2,1-5H3,(H2,30,31,32,35). The molecule has 3 rings (SSSR count). The average Bonchev–Trinajstić information content (AvgIpc) is 3.09. The molecule has 0 atom stereocenters. The minimum atomic E-state index is -4.47. The van der Waals surface area contributed by atoms with E-state index in [0.717, 1.165) is 53.4 Å². The van der Waals surface area contributed by atoms with Crippen LogP contribution < -0.4 is 10.6 Å². The molecule has 2 N–H and O–H groups in total. The number of alkyl halides is 3. The third-order valence-corrected chi connectivity index (χ3v) is 5.77. The first-order chi connectivity index (χ1) is 16.5. The van der Waals surface area contributed by atoms with Gasteiger partial charge in [-0.2, -0.15) is 18.3 Å². The lowest BCUT2D eigenvalue weighted by Crippen LogP contribution is -2.36. The third-order valence-electron chi connectivity index (χ3n) is 5.77. The van der Waals surface area contributed by atoms with Crippen molar-refractivity contribution in [1.29, 1.82) is 0 Å². The molecule has 0 fully saturated rings. The second kappa shape index (κ2) is 10.8. The molecule has 6 nitrogen and oxygen atoms in total. The van der Waals surface area contributed by atoms with E-state index in [2.05, 4.69) is 34.6 Å². The van der Waals surface area contributed by atoms with E-state index in [4.69, 9.17) is 0 Å². The fourth-order valence-corrected chi connectivity index (χ4v) is 3.62. The molecule has 0 spiro atoms. The van der Waals surface area contributed by atoms with Crippen molar-refractivity contribution in [3.8, 4) is 0 Å². The van der Waals surface area contributed by atoms with Gasteiger partial charge in [-0.1, -0.05) is 26.0 Å². The Bertz CT molecular complexity index is 1190. The Hall–Kier alpha value is -3.62. The number of nitrogens with zero attached hydrogens (tertiary/aromatic N) is 3. The van der Waals surface area contributed by atoms with Crippen LogP contribution in [-0.4, -0.2) is 21.6 Å².